The molecule has 0 spiro atoms. The van der Waals surface area contributed by atoms with Gasteiger partial charge in [0.15, 0.2) is 0 Å². The van der Waals surface area contributed by atoms with E-state index in [1.807, 2.05) is 60.7 Å². The number of benzene rings is 2. The molecule has 4 unspecified atom stereocenters. The Labute approximate surface area is 246 Å². The molecule has 9 atom stereocenters. The normalized spacial score (nSPS) is 30.1. The van der Waals surface area contributed by atoms with Gasteiger partial charge >= 0.3 is 6.09 Å². The van der Waals surface area contributed by atoms with E-state index >= 15 is 0 Å². The average Bonchev–Trinajstić information content (AvgIpc) is 3.02. The molecule has 16 heteroatoms. The first-order valence-electron chi connectivity index (χ1n) is 13.7. The van der Waals surface area contributed by atoms with Crippen LogP contribution in [0.2, 0.25) is 0 Å². The summed E-state index contributed by atoms with van der Waals surface area (Å²) in [6.07, 6.45) is -6.79. The van der Waals surface area contributed by atoms with Crippen molar-refractivity contribution in [3.05, 3.63) is 103 Å². The minimum absolute atomic E-state index is 0.0578. The summed E-state index contributed by atoms with van der Waals surface area (Å²) in [4.78, 5) is 23.1. The van der Waals surface area contributed by atoms with Crippen molar-refractivity contribution in [3.63, 3.8) is 0 Å². The van der Waals surface area contributed by atoms with Gasteiger partial charge in [-0.3, -0.25) is 0 Å². The van der Waals surface area contributed by atoms with Gasteiger partial charge in [-0.1, -0.05) is 76.0 Å². The monoisotopic (exact) mass is 592 g/mol. The molecule has 1 saturated heterocycles. The van der Waals surface area contributed by atoms with Gasteiger partial charge in [0.25, 0.3) is 0 Å². The number of rotatable bonds is 10. The lowest BCUT2D eigenvalue weighted by Crippen LogP contribution is -2.65. The first-order chi connectivity index (χ1) is 20.9. The molecule has 1 saturated carbocycles. The summed E-state index contributed by atoms with van der Waals surface area (Å²) in [5.41, 5.74) is 29.0. The second-order valence-electron chi connectivity index (χ2n) is 10.4. The Morgan fingerprint density at radius 3 is 2.07 bits per heavy atom. The molecule has 16 nitrogen and oxygen atoms in total. The van der Waals surface area contributed by atoms with E-state index in [1.165, 1.54) is 4.90 Å². The highest BCUT2D eigenvalue weighted by Crippen LogP contribution is 2.39. The average molecular weight is 593 g/mol. The summed E-state index contributed by atoms with van der Waals surface area (Å²) in [6.45, 7) is 0.323. The predicted molar refractivity (Wildman–Crippen MR) is 152 cm³/mol. The third kappa shape index (κ3) is 7.66. The Bertz CT molecular complexity index is 1370. The molecular formula is C27H32N10O6. The standard InChI is InChI=1S/C27H32N10O6/c28-34-31-19-12-11-18(43-26(19)20-21(32-35-29)24(39)22(33-36-30)25(40)23(20)38)14-37(13-16-7-3-1-4-8-16)27(41)42-15-17-9-5-2-6-10-17/h1-10,18-26,38-40H,11-15H2/t18-,19?,20?,21?,22?,23-,24-,25-,26-/m0/s1. The quantitative estimate of drug-likeness (QED) is 0.208. The maximum Gasteiger partial charge on any atom is 0.410 e. The van der Waals surface area contributed by atoms with Crippen molar-refractivity contribution in [2.45, 2.75) is 74.6 Å². The molecule has 0 aromatic heterocycles. The fourth-order valence-corrected chi connectivity index (χ4v) is 5.69. The Morgan fingerprint density at radius 2 is 1.44 bits per heavy atom. The lowest BCUT2D eigenvalue weighted by Gasteiger charge is -2.49. The summed E-state index contributed by atoms with van der Waals surface area (Å²) in [5, 5.41) is 43.5. The molecule has 2 fully saturated rings. The van der Waals surface area contributed by atoms with Crippen molar-refractivity contribution in [2.24, 2.45) is 21.3 Å². The number of azide groups is 3. The lowest BCUT2D eigenvalue weighted by atomic mass is 9.71. The van der Waals surface area contributed by atoms with E-state index in [4.69, 9.17) is 15.0 Å². The molecule has 43 heavy (non-hydrogen) atoms. The van der Waals surface area contributed by atoms with E-state index in [2.05, 4.69) is 30.1 Å². The van der Waals surface area contributed by atoms with Gasteiger partial charge in [-0.15, -0.1) is 0 Å². The van der Waals surface area contributed by atoms with Crippen LogP contribution in [-0.2, 0) is 22.6 Å². The smallest absolute Gasteiger partial charge is 0.410 e. The Kier molecular flexibility index (Phi) is 11.0. The Hall–Kier alpha value is -4.52. The molecule has 2 aliphatic rings. The molecular weight excluding hydrogens is 560 g/mol. The highest BCUT2D eigenvalue weighted by atomic mass is 16.6. The van der Waals surface area contributed by atoms with Crippen LogP contribution in [0.3, 0.4) is 0 Å². The summed E-state index contributed by atoms with van der Waals surface area (Å²) in [7, 11) is 0. The molecule has 1 aliphatic carbocycles. The van der Waals surface area contributed by atoms with E-state index < -0.39 is 60.7 Å². The number of hydrogen-bond donors (Lipinski definition) is 3. The molecule has 1 aliphatic heterocycles. The third-order valence-electron chi connectivity index (χ3n) is 7.75. The van der Waals surface area contributed by atoms with Crippen LogP contribution in [0.1, 0.15) is 24.0 Å². The van der Waals surface area contributed by atoms with Gasteiger partial charge in [0.2, 0.25) is 0 Å². The first-order valence-corrected chi connectivity index (χ1v) is 13.7. The van der Waals surface area contributed by atoms with E-state index in [0.29, 0.717) is 6.42 Å². The predicted octanol–water partition coefficient (Wildman–Crippen LogP) is 4.12. The highest BCUT2D eigenvalue weighted by Gasteiger charge is 2.54. The van der Waals surface area contributed by atoms with E-state index in [1.54, 1.807) is 0 Å². The summed E-state index contributed by atoms with van der Waals surface area (Å²) >= 11 is 0. The topological polar surface area (TPSA) is 246 Å². The fraction of sp³-hybridized carbons (Fsp3) is 0.519. The van der Waals surface area contributed by atoms with Gasteiger partial charge < -0.3 is 29.7 Å². The van der Waals surface area contributed by atoms with Crippen molar-refractivity contribution < 1.29 is 29.6 Å². The maximum absolute atomic E-state index is 13.3. The highest BCUT2D eigenvalue weighted by molar-refractivity contribution is 5.67. The van der Waals surface area contributed by atoms with Gasteiger partial charge in [0, 0.05) is 27.2 Å². The summed E-state index contributed by atoms with van der Waals surface area (Å²) in [5.74, 6) is -1.24. The fourth-order valence-electron chi connectivity index (χ4n) is 5.69. The van der Waals surface area contributed by atoms with Gasteiger partial charge in [0.1, 0.15) is 6.61 Å². The minimum Gasteiger partial charge on any atom is -0.445 e. The molecule has 3 N–H and O–H groups in total. The van der Waals surface area contributed by atoms with Crippen LogP contribution in [0.5, 0.6) is 0 Å². The Morgan fingerprint density at radius 1 is 0.837 bits per heavy atom. The molecule has 226 valence electrons. The van der Waals surface area contributed by atoms with Gasteiger partial charge in [0.05, 0.1) is 55.2 Å². The van der Waals surface area contributed by atoms with Crippen LogP contribution < -0.4 is 0 Å². The number of nitrogens with zero attached hydrogens (tertiary/aromatic N) is 10. The minimum atomic E-state index is -1.72. The number of ether oxygens (including phenoxy) is 2. The van der Waals surface area contributed by atoms with Gasteiger partial charge in [-0.25, -0.2) is 4.79 Å². The van der Waals surface area contributed by atoms with Crippen molar-refractivity contribution >= 4 is 6.09 Å². The van der Waals surface area contributed by atoms with E-state index in [9.17, 15) is 31.2 Å². The van der Waals surface area contributed by atoms with Crippen LogP contribution >= 0.6 is 0 Å². The molecule has 2 aromatic rings. The number of aliphatic hydroxyl groups is 3. The molecule has 0 bridgehead atoms. The van der Waals surface area contributed by atoms with Crippen LogP contribution in [0.25, 0.3) is 31.3 Å². The largest absolute Gasteiger partial charge is 0.445 e. The molecule has 2 aromatic carbocycles. The number of carbonyl (C=O) groups is 1. The molecule has 4 rings (SSSR count). The zero-order valence-corrected chi connectivity index (χ0v) is 23.0. The zero-order chi connectivity index (χ0) is 30.8. The van der Waals surface area contributed by atoms with Gasteiger partial charge in [-0.05, 0) is 40.6 Å². The zero-order valence-electron chi connectivity index (χ0n) is 23.0. The summed E-state index contributed by atoms with van der Waals surface area (Å²) < 4.78 is 11.9. The number of amides is 1. The van der Waals surface area contributed by atoms with Crippen LogP contribution in [-0.4, -0.2) is 81.5 Å². The SMILES string of the molecule is [N-]=[N+]=NC1C([C@H]2O[C@H](CN(Cc3ccccc3)C(=O)OCc3ccccc3)CCC2N=[N+]=[N-])[C@H](O)[C@@H](O)C(N=[N+]=[N-])[C@H]1O. The van der Waals surface area contributed by atoms with Gasteiger partial charge in [-0.2, -0.15) is 0 Å². The van der Waals surface area contributed by atoms with Crippen LogP contribution in [0.4, 0.5) is 4.79 Å². The molecule has 0 radical (unpaired) electrons. The molecule has 1 amide bonds. The lowest BCUT2D eigenvalue weighted by molar-refractivity contribution is -0.174. The maximum atomic E-state index is 13.3. The van der Waals surface area contributed by atoms with Crippen molar-refractivity contribution in [3.8, 4) is 0 Å². The molecule has 1 heterocycles. The van der Waals surface area contributed by atoms with Crippen LogP contribution in [0, 0.1) is 5.92 Å². The van der Waals surface area contributed by atoms with E-state index in [-0.39, 0.29) is 26.1 Å². The first kappa shape index (κ1) is 31.4. The van der Waals surface area contributed by atoms with Crippen LogP contribution in [0.15, 0.2) is 76.0 Å². The second kappa shape index (κ2) is 15.1. The Balaban J connectivity index is 1.59. The van der Waals surface area contributed by atoms with Crippen molar-refractivity contribution in [1.29, 1.82) is 0 Å². The second-order valence-corrected chi connectivity index (χ2v) is 10.4. The van der Waals surface area contributed by atoms with E-state index in [0.717, 1.165) is 11.1 Å². The number of hydrogen-bond acceptors (Lipinski definition) is 9. The van der Waals surface area contributed by atoms with Crippen molar-refractivity contribution in [1.82, 2.24) is 4.90 Å². The third-order valence-corrected chi connectivity index (χ3v) is 7.75. The van der Waals surface area contributed by atoms with Crippen molar-refractivity contribution in [2.75, 3.05) is 6.54 Å². The number of carbonyl (C=O) groups excluding carboxylic acids is 1. The summed E-state index contributed by atoms with van der Waals surface area (Å²) in [6, 6.07) is 14.8. The number of aliphatic hydroxyl groups excluding tert-OH is 3.